The van der Waals surface area contributed by atoms with E-state index in [4.69, 9.17) is 0 Å². The molecule has 1 aromatic heterocycles. The largest absolute Gasteiger partial charge is 0.354 e. The van der Waals surface area contributed by atoms with Gasteiger partial charge in [-0.3, -0.25) is 9.59 Å². The molecule has 0 saturated heterocycles. The Morgan fingerprint density at radius 3 is 2.60 bits per heavy atom. The molecule has 1 unspecified atom stereocenters. The van der Waals surface area contributed by atoms with E-state index in [-0.39, 0.29) is 24.3 Å². The summed E-state index contributed by atoms with van der Waals surface area (Å²) in [6.45, 7) is 5.55. The van der Waals surface area contributed by atoms with E-state index in [1.165, 1.54) is 16.9 Å². The number of benzene rings is 2. The highest BCUT2D eigenvalue weighted by Crippen LogP contribution is 2.23. The van der Waals surface area contributed by atoms with Gasteiger partial charge in [-0.2, -0.15) is 0 Å². The van der Waals surface area contributed by atoms with Crippen LogP contribution in [0.5, 0.6) is 0 Å². The Balaban J connectivity index is 1.55. The average molecular weight is 422 g/mol. The highest BCUT2D eigenvalue weighted by atomic mass is 32.1. The van der Waals surface area contributed by atoms with Crippen molar-refractivity contribution in [2.75, 3.05) is 5.32 Å². The Kier molecular flexibility index (Phi) is 7.36. The van der Waals surface area contributed by atoms with Gasteiger partial charge in [-0.1, -0.05) is 36.4 Å². The predicted octanol–water partition coefficient (Wildman–Crippen LogP) is 4.76. The van der Waals surface area contributed by atoms with Crippen LogP contribution in [0.15, 0.2) is 53.9 Å². The molecule has 1 heterocycles. The van der Waals surface area contributed by atoms with Crippen molar-refractivity contribution in [2.45, 2.75) is 46.1 Å². The summed E-state index contributed by atoms with van der Waals surface area (Å²) < 4.78 is 0. The fourth-order valence-corrected chi connectivity index (χ4v) is 4.04. The lowest BCUT2D eigenvalue weighted by Gasteiger charge is -2.12. The molecule has 3 aromatic rings. The highest BCUT2D eigenvalue weighted by molar-refractivity contribution is 7.10. The van der Waals surface area contributed by atoms with Crippen LogP contribution < -0.4 is 10.6 Å². The van der Waals surface area contributed by atoms with Crippen LogP contribution in [0.25, 0.3) is 11.3 Å². The number of nitrogens with zero attached hydrogens (tertiary/aromatic N) is 1. The van der Waals surface area contributed by atoms with Gasteiger partial charge in [0.2, 0.25) is 11.8 Å². The molecule has 156 valence electrons. The van der Waals surface area contributed by atoms with Gasteiger partial charge in [-0.25, -0.2) is 4.98 Å². The molecule has 2 amide bonds. The fraction of sp³-hybridized carbons (Fsp3) is 0.292. The molecule has 6 heteroatoms. The Labute approximate surface area is 181 Å². The Bertz CT molecular complexity index is 1010. The molecule has 2 aromatic carbocycles. The van der Waals surface area contributed by atoms with Gasteiger partial charge < -0.3 is 10.6 Å². The number of rotatable bonds is 8. The van der Waals surface area contributed by atoms with E-state index in [0.29, 0.717) is 0 Å². The summed E-state index contributed by atoms with van der Waals surface area (Å²) in [4.78, 5) is 28.0. The summed E-state index contributed by atoms with van der Waals surface area (Å²) in [5.41, 5.74) is 5.06. The number of hydrogen-bond acceptors (Lipinski definition) is 4. The Hall–Kier alpha value is -2.99. The van der Waals surface area contributed by atoms with Crippen molar-refractivity contribution in [1.82, 2.24) is 10.3 Å². The van der Waals surface area contributed by atoms with E-state index in [9.17, 15) is 9.59 Å². The number of anilines is 1. The number of thiazole rings is 1. The van der Waals surface area contributed by atoms with Gasteiger partial charge in [0, 0.05) is 29.6 Å². The van der Waals surface area contributed by atoms with Crippen LogP contribution in [0.4, 0.5) is 5.69 Å². The van der Waals surface area contributed by atoms with Crippen LogP contribution in [0, 0.1) is 6.92 Å². The quantitative estimate of drug-likeness (QED) is 0.551. The maximum absolute atomic E-state index is 12.3. The lowest BCUT2D eigenvalue weighted by molar-refractivity contribution is -0.119. The second-order valence-corrected chi connectivity index (χ2v) is 8.50. The van der Waals surface area contributed by atoms with Crippen LogP contribution in [0.1, 0.15) is 36.4 Å². The highest BCUT2D eigenvalue weighted by Gasteiger charge is 2.10. The van der Waals surface area contributed by atoms with Crippen LogP contribution in [-0.2, 0) is 22.4 Å². The second kappa shape index (κ2) is 10.2. The van der Waals surface area contributed by atoms with Crippen molar-refractivity contribution < 1.29 is 9.59 Å². The lowest BCUT2D eigenvalue weighted by atomic mass is 10.0. The van der Waals surface area contributed by atoms with Crippen LogP contribution in [-0.4, -0.2) is 22.8 Å². The molecule has 0 saturated carbocycles. The maximum atomic E-state index is 12.3. The zero-order valence-corrected chi connectivity index (χ0v) is 18.4. The average Bonchev–Trinajstić information content (AvgIpc) is 3.14. The minimum absolute atomic E-state index is 0.00440. The van der Waals surface area contributed by atoms with Crippen molar-refractivity contribution in [2.24, 2.45) is 0 Å². The molecular weight excluding hydrogens is 394 g/mol. The minimum atomic E-state index is -0.0647. The van der Waals surface area contributed by atoms with Gasteiger partial charge in [-0.15, -0.1) is 11.3 Å². The van der Waals surface area contributed by atoms with Gasteiger partial charge in [0.1, 0.15) is 5.01 Å². The maximum Gasteiger partial charge on any atom is 0.231 e. The van der Waals surface area contributed by atoms with E-state index in [2.05, 4.69) is 39.9 Å². The van der Waals surface area contributed by atoms with E-state index >= 15 is 0 Å². The number of hydrogen-bond donors (Lipinski definition) is 2. The van der Waals surface area contributed by atoms with Gasteiger partial charge in [0.25, 0.3) is 0 Å². The Morgan fingerprint density at radius 1 is 1.13 bits per heavy atom. The lowest BCUT2D eigenvalue weighted by Crippen LogP contribution is -2.30. The number of carbonyl (C=O) groups excluding carboxylic acids is 2. The van der Waals surface area contributed by atoms with Crippen molar-refractivity contribution in [3.05, 3.63) is 70.0 Å². The molecule has 0 aliphatic rings. The molecule has 5 nitrogen and oxygen atoms in total. The number of amides is 2. The standard InChI is InChI=1S/C24H27N3O2S/c1-16-5-4-6-21(13-16)26-23(29)14-24-27-22(15-30-24)20-11-9-19(10-12-20)8-7-17(2)25-18(3)28/h4-6,9-13,15,17H,7-8,14H2,1-3H3,(H,25,28)(H,26,29). The summed E-state index contributed by atoms with van der Waals surface area (Å²) in [6.07, 6.45) is 2.07. The first-order valence-electron chi connectivity index (χ1n) is 10.1. The SMILES string of the molecule is CC(=O)NC(C)CCc1ccc(-c2csc(CC(=O)Nc3cccc(C)c3)n2)cc1. The molecule has 30 heavy (non-hydrogen) atoms. The van der Waals surface area contributed by atoms with Crippen LogP contribution in [0.3, 0.4) is 0 Å². The summed E-state index contributed by atoms with van der Waals surface area (Å²) in [7, 11) is 0. The summed E-state index contributed by atoms with van der Waals surface area (Å²) in [5.74, 6) is -0.0603. The zero-order chi connectivity index (χ0) is 21.5. The third kappa shape index (κ3) is 6.52. The van der Waals surface area contributed by atoms with Crippen LogP contribution in [0.2, 0.25) is 0 Å². The zero-order valence-electron chi connectivity index (χ0n) is 17.6. The summed E-state index contributed by atoms with van der Waals surface area (Å²) in [6, 6.07) is 16.2. The molecular formula is C24H27N3O2S. The topological polar surface area (TPSA) is 71.1 Å². The number of nitrogens with one attached hydrogen (secondary N) is 2. The first-order chi connectivity index (χ1) is 14.4. The molecule has 3 rings (SSSR count). The van der Waals surface area contributed by atoms with Crippen LogP contribution >= 0.6 is 11.3 Å². The number of carbonyl (C=O) groups is 2. The minimum Gasteiger partial charge on any atom is -0.354 e. The van der Waals surface area contributed by atoms with E-state index < -0.39 is 0 Å². The van der Waals surface area contributed by atoms with Gasteiger partial charge >= 0.3 is 0 Å². The number of aromatic nitrogens is 1. The fourth-order valence-electron chi connectivity index (χ4n) is 3.23. The van der Waals surface area contributed by atoms with E-state index in [0.717, 1.165) is 40.4 Å². The second-order valence-electron chi connectivity index (χ2n) is 7.56. The normalized spacial score (nSPS) is 11.7. The first kappa shape index (κ1) is 21.7. The molecule has 0 aliphatic heterocycles. The monoisotopic (exact) mass is 421 g/mol. The molecule has 0 bridgehead atoms. The third-order valence-electron chi connectivity index (χ3n) is 4.73. The molecule has 2 N–H and O–H groups in total. The van der Waals surface area contributed by atoms with Gasteiger partial charge in [-0.05, 0) is 49.9 Å². The summed E-state index contributed by atoms with van der Waals surface area (Å²) in [5, 5.41) is 8.61. The molecule has 0 aliphatic carbocycles. The van der Waals surface area contributed by atoms with Crippen molar-refractivity contribution >= 4 is 28.8 Å². The third-order valence-corrected chi connectivity index (χ3v) is 5.58. The Morgan fingerprint density at radius 2 is 1.90 bits per heavy atom. The molecule has 0 fully saturated rings. The van der Waals surface area contributed by atoms with E-state index in [1.807, 2.05) is 43.5 Å². The first-order valence-corrected chi connectivity index (χ1v) is 10.9. The molecule has 0 spiro atoms. The van der Waals surface area contributed by atoms with Gasteiger partial charge in [0.15, 0.2) is 0 Å². The van der Waals surface area contributed by atoms with Crippen molar-refractivity contribution in [3.8, 4) is 11.3 Å². The molecule has 1 atom stereocenters. The molecule has 0 radical (unpaired) electrons. The van der Waals surface area contributed by atoms with Gasteiger partial charge in [0.05, 0.1) is 12.1 Å². The summed E-state index contributed by atoms with van der Waals surface area (Å²) >= 11 is 1.50. The van der Waals surface area contributed by atoms with Crippen molar-refractivity contribution in [1.29, 1.82) is 0 Å². The number of aryl methyl sites for hydroxylation is 2. The van der Waals surface area contributed by atoms with E-state index in [1.54, 1.807) is 6.92 Å². The smallest absolute Gasteiger partial charge is 0.231 e. The predicted molar refractivity (Wildman–Crippen MR) is 123 cm³/mol. The van der Waals surface area contributed by atoms with Crippen molar-refractivity contribution in [3.63, 3.8) is 0 Å².